The van der Waals surface area contributed by atoms with Gasteiger partial charge in [-0.1, -0.05) is 0 Å². The Labute approximate surface area is 135 Å². The van der Waals surface area contributed by atoms with Gasteiger partial charge in [0.2, 0.25) is 0 Å². The van der Waals surface area contributed by atoms with Gasteiger partial charge < -0.3 is 4.57 Å². The summed E-state index contributed by atoms with van der Waals surface area (Å²) in [6.07, 6.45) is -4.79. The number of aryl methyl sites for hydroxylation is 1. The maximum atomic E-state index is 13.4. The van der Waals surface area contributed by atoms with Crippen molar-refractivity contribution in [3.63, 3.8) is 0 Å². The van der Waals surface area contributed by atoms with E-state index in [-0.39, 0.29) is 10.7 Å². The fourth-order valence-corrected chi connectivity index (χ4v) is 2.91. The molecule has 0 saturated heterocycles. The number of nitrogens with zero attached hydrogens (tertiary/aromatic N) is 2. The number of aromatic nitrogens is 1. The molecule has 0 aliphatic heterocycles. The van der Waals surface area contributed by atoms with Crippen LogP contribution >= 0.6 is 11.3 Å². The van der Waals surface area contributed by atoms with E-state index in [2.05, 4.69) is 4.99 Å². The fraction of sp³-hybridized carbons (Fsp3) is 0.692. The summed E-state index contributed by atoms with van der Waals surface area (Å²) in [5, 5.41) is 0. The molecular weight excluding hydrogens is 365 g/mol. The Hall–Kier alpha value is -1.39. The van der Waals surface area contributed by atoms with Crippen LogP contribution in [0.1, 0.15) is 23.4 Å². The van der Waals surface area contributed by atoms with Crippen molar-refractivity contribution in [3.8, 4) is 0 Å². The summed E-state index contributed by atoms with van der Waals surface area (Å²) in [4.78, 5) is 14.6. The first kappa shape index (κ1) is 18.9. The van der Waals surface area contributed by atoms with Crippen LogP contribution in [0.15, 0.2) is 4.99 Å². The highest BCUT2D eigenvalue weighted by Gasteiger charge is 2.76. The van der Waals surface area contributed by atoms with E-state index in [1.165, 1.54) is 4.57 Å². The van der Waals surface area contributed by atoms with Crippen molar-refractivity contribution in [3.05, 3.63) is 15.4 Å². The van der Waals surface area contributed by atoms with Crippen LogP contribution in [-0.4, -0.2) is 28.5 Å². The van der Waals surface area contributed by atoms with E-state index in [4.69, 9.17) is 0 Å². The summed E-state index contributed by atoms with van der Waals surface area (Å²) >= 11 is 0.789. The Kier molecular flexibility index (Phi) is 4.62. The lowest BCUT2D eigenvalue weighted by atomic mass is 10.1. The van der Waals surface area contributed by atoms with Crippen LogP contribution < -0.4 is 4.80 Å². The van der Waals surface area contributed by atoms with Crippen molar-refractivity contribution in [2.24, 2.45) is 10.9 Å². The molecule has 0 radical (unpaired) electrons. The van der Waals surface area contributed by atoms with Gasteiger partial charge in [-0.05, 0) is 32.6 Å². The molecule has 24 heavy (non-hydrogen) atoms. The fourth-order valence-electron chi connectivity index (χ4n) is 1.93. The van der Waals surface area contributed by atoms with Gasteiger partial charge in [-0.15, -0.1) is 11.3 Å². The topological polar surface area (TPSA) is 34.4 Å². The minimum atomic E-state index is -6.56. The second-order valence-corrected chi connectivity index (χ2v) is 6.83. The Morgan fingerprint density at radius 1 is 1.17 bits per heavy atom. The Morgan fingerprint density at radius 2 is 1.71 bits per heavy atom. The summed E-state index contributed by atoms with van der Waals surface area (Å²) < 4.78 is 90.3. The van der Waals surface area contributed by atoms with E-state index >= 15 is 0 Å². The normalized spacial score (nSPS) is 17.5. The molecule has 0 atom stereocenters. The van der Waals surface area contributed by atoms with Crippen LogP contribution in [-0.2, 0) is 11.3 Å². The molecule has 136 valence electrons. The molecule has 1 aliphatic carbocycles. The zero-order chi connectivity index (χ0) is 18.5. The number of carbonyl (C=O) groups is 1. The van der Waals surface area contributed by atoms with E-state index in [1.807, 2.05) is 0 Å². The van der Waals surface area contributed by atoms with Gasteiger partial charge in [0, 0.05) is 17.1 Å². The number of halogens is 7. The third-order valence-electron chi connectivity index (χ3n) is 3.74. The zero-order valence-electron chi connectivity index (χ0n) is 12.6. The van der Waals surface area contributed by atoms with Crippen molar-refractivity contribution in [2.75, 3.05) is 0 Å². The Morgan fingerprint density at radius 3 is 2.17 bits per heavy atom. The molecule has 0 spiro atoms. The molecular formula is C13H13F7N2OS. The molecule has 0 aromatic carbocycles. The number of carbonyl (C=O) groups excluding carboxylic acids is 1. The highest BCUT2D eigenvalue weighted by Crippen LogP contribution is 2.47. The van der Waals surface area contributed by atoms with Gasteiger partial charge in [0.15, 0.2) is 4.80 Å². The van der Waals surface area contributed by atoms with E-state index in [0.29, 0.717) is 17.1 Å². The first-order valence-corrected chi connectivity index (χ1v) is 7.69. The zero-order valence-corrected chi connectivity index (χ0v) is 13.4. The van der Waals surface area contributed by atoms with Crippen LogP contribution in [0.5, 0.6) is 0 Å². The van der Waals surface area contributed by atoms with Crippen LogP contribution in [0, 0.1) is 19.8 Å². The Bertz CT molecular complexity index is 713. The summed E-state index contributed by atoms with van der Waals surface area (Å²) in [5.74, 6) is -15.0. The van der Waals surface area contributed by atoms with Gasteiger partial charge in [-0.3, -0.25) is 4.79 Å². The molecule has 1 aliphatic rings. The molecule has 1 aromatic heterocycles. The van der Waals surface area contributed by atoms with E-state index in [0.717, 1.165) is 24.2 Å². The summed E-state index contributed by atoms with van der Waals surface area (Å²) in [6.45, 7) is 3.58. The van der Waals surface area contributed by atoms with Crippen molar-refractivity contribution < 1.29 is 35.5 Å². The molecule has 0 N–H and O–H groups in total. The maximum Gasteiger partial charge on any atom is 0.460 e. The highest BCUT2D eigenvalue weighted by molar-refractivity contribution is 7.09. The SMILES string of the molecule is Cc1sc(=NC(=O)C(F)(F)C(F)(F)C(F)(F)F)n(CC2CC2)c1C. The predicted octanol–water partition coefficient (Wildman–Crippen LogP) is 3.84. The van der Waals surface area contributed by atoms with Crippen molar-refractivity contribution >= 4 is 17.2 Å². The Balaban J connectivity index is 2.44. The average Bonchev–Trinajstić information content (AvgIpc) is 3.21. The smallest absolute Gasteiger partial charge is 0.320 e. The minimum Gasteiger partial charge on any atom is -0.320 e. The number of hydrogen-bond acceptors (Lipinski definition) is 2. The molecule has 0 unspecified atom stereocenters. The first-order valence-electron chi connectivity index (χ1n) is 6.87. The second-order valence-electron chi connectivity index (χ2n) is 5.64. The number of hydrogen-bond donors (Lipinski definition) is 0. The van der Waals surface area contributed by atoms with Crippen LogP contribution in [0.25, 0.3) is 0 Å². The standard InChI is InChI=1S/C13H13F7N2OS/c1-6-7(2)24-10(22(6)5-8-3-4-8)21-9(23)11(14,15)12(16,17)13(18,19)20/h8H,3-5H2,1-2H3. The van der Waals surface area contributed by atoms with Gasteiger partial charge in [-0.2, -0.15) is 35.7 Å². The number of rotatable bonds is 4. The van der Waals surface area contributed by atoms with Crippen molar-refractivity contribution in [2.45, 2.75) is 51.3 Å². The van der Waals surface area contributed by atoms with E-state index in [1.54, 1.807) is 13.8 Å². The lowest BCUT2D eigenvalue weighted by Crippen LogP contribution is -2.56. The molecule has 0 bridgehead atoms. The maximum absolute atomic E-state index is 13.4. The number of amides is 1. The lowest BCUT2D eigenvalue weighted by Gasteiger charge is -2.25. The van der Waals surface area contributed by atoms with E-state index < -0.39 is 23.9 Å². The monoisotopic (exact) mass is 378 g/mol. The van der Waals surface area contributed by atoms with Crippen molar-refractivity contribution in [1.29, 1.82) is 0 Å². The van der Waals surface area contributed by atoms with Gasteiger partial charge in [0.25, 0.3) is 0 Å². The van der Waals surface area contributed by atoms with Crippen molar-refractivity contribution in [1.82, 2.24) is 4.57 Å². The highest BCUT2D eigenvalue weighted by atomic mass is 32.1. The van der Waals surface area contributed by atoms with Gasteiger partial charge in [-0.25, -0.2) is 0 Å². The number of alkyl halides is 7. The summed E-state index contributed by atoms with van der Waals surface area (Å²) in [7, 11) is 0. The average molecular weight is 378 g/mol. The molecule has 1 amide bonds. The third-order valence-corrected chi connectivity index (χ3v) is 4.84. The lowest BCUT2D eigenvalue weighted by molar-refractivity contribution is -0.343. The molecule has 1 saturated carbocycles. The summed E-state index contributed by atoms with van der Waals surface area (Å²) in [6, 6.07) is 0. The first-order chi connectivity index (χ1) is 10.8. The second kappa shape index (κ2) is 5.85. The van der Waals surface area contributed by atoms with Gasteiger partial charge in [0.1, 0.15) is 0 Å². The summed E-state index contributed by atoms with van der Waals surface area (Å²) in [5.41, 5.74) is 0.601. The van der Waals surface area contributed by atoms with Gasteiger partial charge >= 0.3 is 23.9 Å². The predicted molar refractivity (Wildman–Crippen MR) is 71.0 cm³/mol. The molecule has 1 fully saturated rings. The van der Waals surface area contributed by atoms with Gasteiger partial charge in [0.05, 0.1) is 0 Å². The van der Waals surface area contributed by atoms with Crippen LogP contribution in [0.4, 0.5) is 30.7 Å². The molecule has 2 rings (SSSR count). The minimum absolute atomic E-state index is 0.254. The van der Waals surface area contributed by atoms with Crippen LogP contribution in [0.3, 0.4) is 0 Å². The largest absolute Gasteiger partial charge is 0.460 e. The third kappa shape index (κ3) is 3.22. The molecule has 11 heteroatoms. The molecule has 1 aromatic rings. The molecule has 3 nitrogen and oxygen atoms in total. The van der Waals surface area contributed by atoms with Crippen LogP contribution in [0.2, 0.25) is 0 Å². The van der Waals surface area contributed by atoms with E-state index in [9.17, 15) is 35.5 Å². The quantitative estimate of drug-likeness (QED) is 0.734. The molecule has 1 heterocycles. The number of thiazole rings is 1.